The van der Waals surface area contributed by atoms with Crippen molar-refractivity contribution >= 4 is 57.4 Å². The molecule has 10 heteroatoms. The maximum absolute atomic E-state index is 8.52. The monoisotopic (exact) mass is 214 g/mol. The molecule has 7 nitrogen and oxygen atoms in total. The molecule has 0 aromatic heterocycles. The minimum Gasteiger partial charge on any atom is -0.759 e. The van der Waals surface area contributed by atoms with Crippen LogP contribution in [0.4, 0.5) is 0 Å². The molecule has 0 heterocycles. The van der Waals surface area contributed by atoms with Crippen LogP contribution in [0.15, 0.2) is 0 Å². The molecule has 0 aliphatic carbocycles. The van der Waals surface area contributed by atoms with E-state index in [1.165, 1.54) is 0 Å². The first-order chi connectivity index (χ1) is 3.41. The van der Waals surface area contributed by atoms with E-state index in [2.05, 4.69) is 0 Å². The predicted molar refractivity (Wildman–Crippen MR) is 27.0 cm³/mol. The van der Waals surface area contributed by atoms with Gasteiger partial charge in [0.25, 0.3) is 0 Å². The van der Waals surface area contributed by atoms with E-state index in [1.807, 2.05) is 0 Å². The zero-order valence-electron chi connectivity index (χ0n) is 4.56. The fourth-order valence-electron chi connectivity index (χ4n) is 0. The third kappa shape index (κ3) is 677. The summed E-state index contributed by atoms with van der Waals surface area (Å²) in [5, 5.41) is 0. The summed E-state index contributed by atoms with van der Waals surface area (Å²) in [7, 11) is -6.58. The Bertz CT molecular complexity index is 154. The first-order valence-corrected chi connectivity index (χ1v) is 3.22. The van der Waals surface area contributed by atoms with Crippen LogP contribution in [0.25, 0.3) is 0 Å². The molecular formula is H2CaO7SSi. The molecule has 0 aromatic carbocycles. The van der Waals surface area contributed by atoms with Gasteiger partial charge in [-0.25, -0.2) is 0 Å². The maximum atomic E-state index is 8.52. The van der Waals surface area contributed by atoms with Crippen LogP contribution in [0.3, 0.4) is 0 Å². The molecule has 0 atom stereocenters. The number of hydrogen-bond acceptors (Lipinski definition) is 6. The maximum Gasteiger partial charge on any atom is 2.00 e. The van der Waals surface area contributed by atoms with Crippen LogP contribution in [0.5, 0.6) is 0 Å². The molecule has 56 valence electrons. The van der Waals surface area contributed by atoms with E-state index < -0.39 is 19.7 Å². The Kier molecular flexibility index (Phi) is 28.2. The molecule has 0 fully saturated rings. The van der Waals surface area contributed by atoms with Gasteiger partial charge >= 0.3 is 47.0 Å². The van der Waals surface area contributed by atoms with E-state index in [1.54, 1.807) is 0 Å². The molecule has 0 radical (unpaired) electrons. The quantitative estimate of drug-likeness (QED) is 0.236. The molecule has 0 saturated carbocycles. The van der Waals surface area contributed by atoms with Gasteiger partial charge < -0.3 is 14.6 Å². The second-order valence-corrected chi connectivity index (χ2v) is 1.47. The van der Waals surface area contributed by atoms with E-state index in [-0.39, 0.29) is 43.2 Å². The third-order valence-corrected chi connectivity index (χ3v) is 0. The largest absolute Gasteiger partial charge is 2.00 e. The molecule has 2 N–H and O–H groups in total. The summed E-state index contributed by atoms with van der Waals surface area (Å²) in [4.78, 5) is 0. The molecule has 10 heavy (non-hydrogen) atoms. The molecule has 0 unspecified atom stereocenters. The smallest absolute Gasteiger partial charge is 0.759 e. The van der Waals surface area contributed by atoms with Crippen molar-refractivity contribution in [3.05, 3.63) is 0 Å². The summed E-state index contributed by atoms with van der Waals surface area (Å²) in [6, 6.07) is 0. The SMILES string of the molecule is O.O=S(=O)([O-])[O-].O=[Si]=O.[Ca+2]. The van der Waals surface area contributed by atoms with Crippen molar-refractivity contribution < 1.29 is 31.9 Å². The first kappa shape index (κ1) is 22.4. The van der Waals surface area contributed by atoms with Crippen LogP contribution in [-0.4, -0.2) is 70.0 Å². The predicted octanol–water partition coefficient (Wildman–Crippen LogP) is -3.16. The molecule has 0 aliphatic rings. The van der Waals surface area contributed by atoms with E-state index in [4.69, 9.17) is 26.4 Å². The van der Waals surface area contributed by atoms with Crippen LogP contribution in [-0.2, 0) is 19.3 Å². The summed E-state index contributed by atoms with van der Waals surface area (Å²) in [6.45, 7) is 0. The van der Waals surface area contributed by atoms with Crippen LogP contribution in [0.1, 0.15) is 0 Å². The molecule has 0 rings (SSSR count). The molecule has 0 amide bonds. The van der Waals surface area contributed by atoms with Gasteiger partial charge in [-0.1, -0.05) is 0 Å². The van der Waals surface area contributed by atoms with Gasteiger partial charge in [-0.05, 0) is 0 Å². The fraction of sp³-hybridized carbons (Fsp3) is 0. The van der Waals surface area contributed by atoms with Gasteiger partial charge in [0, 0.05) is 10.4 Å². The molecule has 0 bridgehead atoms. The molecule has 0 spiro atoms. The van der Waals surface area contributed by atoms with Gasteiger partial charge in [0.1, 0.15) is 0 Å². The van der Waals surface area contributed by atoms with Crippen molar-refractivity contribution in [3.63, 3.8) is 0 Å². The molecule has 0 aliphatic heterocycles. The van der Waals surface area contributed by atoms with Crippen molar-refractivity contribution in [1.82, 2.24) is 0 Å². The Labute approximate surface area is 88.6 Å². The van der Waals surface area contributed by atoms with Crippen molar-refractivity contribution in [2.24, 2.45) is 0 Å². The second kappa shape index (κ2) is 12.6. The Morgan fingerprint density at radius 2 is 1.10 bits per heavy atom. The Hall–Kier alpha value is 0.907. The van der Waals surface area contributed by atoms with Gasteiger partial charge in [-0.3, -0.25) is 17.3 Å². The average Bonchev–Trinajstić information content (AvgIpc) is 1.27. The number of rotatable bonds is 0. The summed E-state index contributed by atoms with van der Waals surface area (Å²) < 4.78 is 50.9. The fourth-order valence-corrected chi connectivity index (χ4v) is 0. The van der Waals surface area contributed by atoms with Crippen molar-refractivity contribution in [3.8, 4) is 0 Å². The first-order valence-electron chi connectivity index (χ1n) is 1.07. The second-order valence-electron chi connectivity index (χ2n) is 0.492. The van der Waals surface area contributed by atoms with Crippen LogP contribution in [0, 0.1) is 0 Å². The number of hydrogen-bond donors (Lipinski definition) is 0. The van der Waals surface area contributed by atoms with E-state index in [9.17, 15) is 0 Å². The van der Waals surface area contributed by atoms with Gasteiger partial charge in [-0.2, -0.15) is 0 Å². The molecule has 0 saturated heterocycles. The van der Waals surface area contributed by atoms with Gasteiger partial charge in [0.15, 0.2) is 0 Å². The minimum absolute atomic E-state index is 0. The topological polar surface area (TPSA) is 146 Å². The van der Waals surface area contributed by atoms with Gasteiger partial charge in [0.05, 0.1) is 0 Å². The normalized spacial score (nSPS) is 6.60. The minimum atomic E-state index is -5.17. The standard InChI is InChI=1S/Ca.H2O4S.O2Si.H2O/c;1-5(2,3)4;1-3-2;/h;(H2,1,2,3,4);;1H2/q+2;;;/p-2. The van der Waals surface area contributed by atoms with E-state index in [0.29, 0.717) is 0 Å². The van der Waals surface area contributed by atoms with Crippen LogP contribution >= 0.6 is 0 Å². The van der Waals surface area contributed by atoms with Gasteiger partial charge in [-0.15, -0.1) is 0 Å². The van der Waals surface area contributed by atoms with Crippen molar-refractivity contribution in [1.29, 1.82) is 0 Å². The average molecular weight is 214 g/mol. The zero-order chi connectivity index (χ0) is 7.21. The summed E-state index contributed by atoms with van der Waals surface area (Å²) in [6.07, 6.45) is 0. The third-order valence-electron chi connectivity index (χ3n) is 0. The molecular weight excluding hydrogens is 212 g/mol. The van der Waals surface area contributed by atoms with Crippen LogP contribution in [0.2, 0.25) is 0 Å². The molecule has 0 aromatic rings. The van der Waals surface area contributed by atoms with E-state index >= 15 is 0 Å². The Balaban J connectivity index is -0.0000000326. The zero-order valence-corrected chi connectivity index (χ0v) is 8.59. The summed E-state index contributed by atoms with van der Waals surface area (Å²) in [5.74, 6) is 0. The summed E-state index contributed by atoms with van der Waals surface area (Å²) >= 11 is 0. The summed E-state index contributed by atoms with van der Waals surface area (Å²) in [5.41, 5.74) is 0. The Morgan fingerprint density at radius 1 is 1.10 bits per heavy atom. The van der Waals surface area contributed by atoms with E-state index in [0.717, 1.165) is 0 Å². The Morgan fingerprint density at radius 3 is 1.10 bits per heavy atom. The van der Waals surface area contributed by atoms with Crippen molar-refractivity contribution in [2.75, 3.05) is 0 Å². The van der Waals surface area contributed by atoms with Crippen LogP contribution < -0.4 is 0 Å². The van der Waals surface area contributed by atoms with Gasteiger partial charge in [0.2, 0.25) is 0 Å². The van der Waals surface area contributed by atoms with Crippen molar-refractivity contribution in [2.45, 2.75) is 0 Å².